The van der Waals surface area contributed by atoms with Crippen LogP contribution in [-0.2, 0) is 24.1 Å². The molecule has 1 aliphatic heterocycles. The summed E-state index contributed by atoms with van der Waals surface area (Å²) in [6.07, 6.45) is 0.353. The minimum Gasteiger partial charge on any atom is -0.467 e. The Morgan fingerprint density at radius 1 is 1.29 bits per heavy atom. The second-order valence-corrected chi connectivity index (χ2v) is 8.38. The predicted octanol–water partition coefficient (Wildman–Crippen LogP) is -0.104. The molecule has 2 rings (SSSR count). The largest absolute Gasteiger partial charge is 0.467 e. The molecule has 1 aromatic carbocycles. The van der Waals surface area contributed by atoms with E-state index in [0.717, 1.165) is 7.11 Å². The average molecular weight is 409 g/mol. The Bertz CT molecular complexity index is 869. The number of benzene rings is 1. The van der Waals surface area contributed by atoms with Gasteiger partial charge in [-0.2, -0.15) is 0 Å². The summed E-state index contributed by atoms with van der Waals surface area (Å²) in [5.74, 6) is 3.55. The van der Waals surface area contributed by atoms with E-state index in [1.54, 1.807) is 19.1 Å². The first-order chi connectivity index (χ1) is 13.3. The molecule has 1 aromatic rings. The Hall–Kier alpha value is -2.41. The number of ether oxygens (including phenoxy) is 2. The summed E-state index contributed by atoms with van der Waals surface area (Å²) in [7, 11) is -2.17. The van der Waals surface area contributed by atoms with E-state index in [1.165, 1.54) is 12.1 Å². The maximum absolute atomic E-state index is 12.6. The lowest BCUT2D eigenvalue weighted by atomic mass is 9.96. The molecule has 1 amide bonds. The summed E-state index contributed by atoms with van der Waals surface area (Å²) in [4.78, 5) is 24.9. The van der Waals surface area contributed by atoms with Gasteiger partial charge in [0.05, 0.1) is 25.2 Å². The fourth-order valence-electron chi connectivity index (χ4n) is 2.99. The molecule has 1 heterocycles. The molecule has 1 aliphatic rings. The lowest BCUT2D eigenvalue weighted by molar-refractivity contribution is -0.152. The molecule has 1 saturated heterocycles. The number of hydrogen-bond donors (Lipinski definition) is 2. The molecule has 0 saturated carbocycles. The van der Waals surface area contributed by atoms with Crippen molar-refractivity contribution in [2.45, 2.75) is 25.0 Å². The Labute approximate surface area is 164 Å². The van der Waals surface area contributed by atoms with Gasteiger partial charge in [-0.05, 0) is 31.2 Å². The van der Waals surface area contributed by atoms with Crippen molar-refractivity contribution >= 4 is 21.7 Å². The molecule has 152 valence electrons. The summed E-state index contributed by atoms with van der Waals surface area (Å²) in [5, 5.41) is 11.3. The highest BCUT2D eigenvalue weighted by molar-refractivity contribution is 7.93. The van der Waals surface area contributed by atoms with Crippen LogP contribution in [0.4, 0.5) is 0 Å². The smallest absolute Gasteiger partial charge is 0.331 e. The molecule has 8 nitrogen and oxygen atoms in total. The number of carbonyl (C=O) groups is 2. The minimum atomic E-state index is -3.33. The molecule has 9 heteroatoms. The first-order valence-electron chi connectivity index (χ1n) is 8.70. The van der Waals surface area contributed by atoms with Gasteiger partial charge < -0.3 is 19.9 Å². The number of hydrogen-bond acceptors (Lipinski definition) is 7. The molecule has 0 radical (unpaired) electrons. The topological polar surface area (TPSA) is 119 Å². The number of rotatable bonds is 7. The molecule has 0 bridgehead atoms. The van der Waals surface area contributed by atoms with Crippen molar-refractivity contribution < 1.29 is 32.6 Å². The number of aliphatic hydroxyl groups is 1. The van der Waals surface area contributed by atoms with Crippen LogP contribution in [0.5, 0.6) is 0 Å². The van der Waals surface area contributed by atoms with E-state index in [2.05, 4.69) is 17.2 Å². The maximum Gasteiger partial charge on any atom is 0.331 e. The van der Waals surface area contributed by atoms with Crippen LogP contribution >= 0.6 is 0 Å². The SMILES string of the molecule is CCOC1(C(NC(=O)c2ccc(C#CCCO)cc2)C(=O)OC)CS(=O)(=O)C1. The van der Waals surface area contributed by atoms with E-state index >= 15 is 0 Å². The fourth-order valence-corrected chi connectivity index (χ4v) is 4.89. The van der Waals surface area contributed by atoms with Gasteiger partial charge in [0.1, 0.15) is 5.60 Å². The molecule has 1 unspecified atom stereocenters. The van der Waals surface area contributed by atoms with Crippen LogP contribution in [0, 0.1) is 11.8 Å². The zero-order valence-corrected chi connectivity index (χ0v) is 16.5. The van der Waals surface area contributed by atoms with Crippen molar-refractivity contribution in [2.75, 3.05) is 31.8 Å². The van der Waals surface area contributed by atoms with E-state index in [-0.39, 0.29) is 30.3 Å². The summed E-state index contributed by atoms with van der Waals surface area (Å²) in [5.41, 5.74) is -0.396. The van der Waals surface area contributed by atoms with Gasteiger partial charge in [-0.3, -0.25) is 4.79 Å². The Morgan fingerprint density at radius 2 is 1.93 bits per heavy atom. The standard InChI is InChI=1S/C19H23NO7S/c1-3-27-19(12-28(24,25)13-19)16(18(23)26-2)20-17(22)15-9-7-14(8-10-15)6-4-5-11-21/h7-10,16,21H,3,5,11-13H2,1-2H3,(H,20,22). The predicted molar refractivity (Wildman–Crippen MR) is 101 cm³/mol. The first kappa shape index (κ1) is 21.9. The zero-order valence-electron chi connectivity index (χ0n) is 15.7. The third-order valence-corrected chi connectivity index (χ3v) is 6.07. The van der Waals surface area contributed by atoms with E-state index < -0.39 is 33.4 Å². The van der Waals surface area contributed by atoms with Crippen molar-refractivity contribution in [1.29, 1.82) is 0 Å². The highest BCUT2D eigenvalue weighted by Gasteiger charge is 2.58. The molecule has 0 aromatic heterocycles. The molecule has 1 atom stereocenters. The lowest BCUT2D eigenvalue weighted by Crippen LogP contribution is -2.70. The number of esters is 1. The van der Waals surface area contributed by atoms with Crippen LogP contribution in [0.2, 0.25) is 0 Å². The number of aliphatic hydroxyl groups excluding tert-OH is 1. The van der Waals surface area contributed by atoms with E-state index in [1.807, 2.05) is 0 Å². The number of amides is 1. The van der Waals surface area contributed by atoms with Crippen LogP contribution in [-0.4, -0.2) is 68.9 Å². The zero-order chi connectivity index (χ0) is 20.8. The maximum atomic E-state index is 12.6. The van der Waals surface area contributed by atoms with Crippen LogP contribution in [0.3, 0.4) is 0 Å². The monoisotopic (exact) mass is 409 g/mol. The average Bonchev–Trinajstić information content (AvgIpc) is 2.64. The molecule has 28 heavy (non-hydrogen) atoms. The fraction of sp³-hybridized carbons (Fsp3) is 0.474. The molecule has 2 N–H and O–H groups in total. The lowest BCUT2D eigenvalue weighted by Gasteiger charge is -2.44. The number of sulfone groups is 1. The summed E-state index contributed by atoms with van der Waals surface area (Å²) >= 11 is 0. The van der Waals surface area contributed by atoms with Gasteiger partial charge in [-0.15, -0.1) is 0 Å². The Balaban J connectivity index is 2.19. The van der Waals surface area contributed by atoms with Gasteiger partial charge in [-0.1, -0.05) is 11.8 Å². The molecule has 0 aliphatic carbocycles. The van der Waals surface area contributed by atoms with Crippen molar-refractivity contribution in [3.05, 3.63) is 35.4 Å². The second kappa shape index (κ2) is 9.19. The highest BCUT2D eigenvalue weighted by Crippen LogP contribution is 2.32. The number of carbonyl (C=O) groups excluding carboxylic acids is 2. The van der Waals surface area contributed by atoms with Crippen LogP contribution in [0.15, 0.2) is 24.3 Å². The van der Waals surface area contributed by atoms with Gasteiger partial charge in [0, 0.05) is 24.2 Å². The Kier molecular flexibility index (Phi) is 7.18. The van der Waals surface area contributed by atoms with Crippen molar-refractivity contribution in [3.63, 3.8) is 0 Å². The molecular weight excluding hydrogens is 386 g/mol. The molecule has 0 spiro atoms. The third-order valence-electron chi connectivity index (χ3n) is 4.22. The van der Waals surface area contributed by atoms with Crippen molar-refractivity contribution in [3.8, 4) is 11.8 Å². The van der Waals surface area contributed by atoms with E-state index in [4.69, 9.17) is 14.6 Å². The van der Waals surface area contributed by atoms with Crippen LogP contribution in [0.25, 0.3) is 0 Å². The summed E-state index contributed by atoms with van der Waals surface area (Å²) < 4.78 is 33.8. The van der Waals surface area contributed by atoms with E-state index in [9.17, 15) is 18.0 Å². The normalized spacial score (nSPS) is 17.4. The summed E-state index contributed by atoms with van der Waals surface area (Å²) in [6.45, 7) is 1.83. The quantitative estimate of drug-likeness (QED) is 0.477. The minimum absolute atomic E-state index is 0.0281. The van der Waals surface area contributed by atoms with Gasteiger partial charge in [-0.25, -0.2) is 13.2 Å². The van der Waals surface area contributed by atoms with Gasteiger partial charge in [0.2, 0.25) is 0 Å². The van der Waals surface area contributed by atoms with Gasteiger partial charge in [0.25, 0.3) is 5.91 Å². The molecule has 1 fully saturated rings. The van der Waals surface area contributed by atoms with Crippen LogP contribution < -0.4 is 5.32 Å². The third kappa shape index (κ3) is 5.10. The first-order valence-corrected chi connectivity index (χ1v) is 10.5. The van der Waals surface area contributed by atoms with Gasteiger partial charge in [0.15, 0.2) is 15.9 Å². The number of methoxy groups -OCH3 is 1. The van der Waals surface area contributed by atoms with Crippen LogP contribution in [0.1, 0.15) is 29.3 Å². The summed E-state index contributed by atoms with van der Waals surface area (Å²) in [6, 6.07) is 5.10. The van der Waals surface area contributed by atoms with Crippen molar-refractivity contribution in [2.24, 2.45) is 0 Å². The van der Waals surface area contributed by atoms with Crippen molar-refractivity contribution in [1.82, 2.24) is 5.32 Å². The Morgan fingerprint density at radius 3 is 2.43 bits per heavy atom. The number of nitrogens with one attached hydrogen (secondary N) is 1. The van der Waals surface area contributed by atoms with E-state index in [0.29, 0.717) is 12.0 Å². The second-order valence-electron chi connectivity index (χ2n) is 6.31. The highest BCUT2D eigenvalue weighted by atomic mass is 32.2. The molecular formula is C19H23NO7S. The van der Waals surface area contributed by atoms with Gasteiger partial charge >= 0.3 is 5.97 Å².